The van der Waals surface area contributed by atoms with Gasteiger partial charge in [-0.05, 0) is 36.2 Å². The van der Waals surface area contributed by atoms with Gasteiger partial charge in [-0.2, -0.15) is 0 Å². The minimum Gasteiger partial charge on any atom is -0.306 e. The fraction of sp³-hybridized carbons (Fsp3) is 0.200. The van der Waals surface area contributed by atoms with Gasteiger partial charge in [-0.1, -0.05) is 64.6 Å². The highest BCUT2D eigenvalue weighted by Gasteiger charge is 2.14. The highest BCUT2D eigenvalue weighted by atomic mass is 35.5. The van der Waals surface area contributed by atoms with Crippen molar-refractivity contribution in [1.29, 1.82) is 0 Å². The summed E-state index contributed by atoms with van der Waals surface area (Å²) in [5.41, 5.74) is 2.03. The van der Waals surface area contributed by atoms with Gasteiger partial charge >= 0.3 is 0 Å². The van der Waals surface area contributed by atoms with Crippen LogP contribution in [0.4, 0.5) is 0 Å². The van der Waals surface area contributed by atoms with Gasteiger partial charge in [0.05, 0.1) is 15.1 Å². The van der Waals surface area contributed by atoms with E-state index in [4.69, 9.17) is 46.4 Å². The molecule has 0 fully saturated rings. The average Bonchev–Trinajstić information content (AvgIpc) is 2.42. The first-order valence-corrected chi connectivity index (χ1v) is 7.61. The van der Waals surface area contributed by atoms with Gasteiger partial charge in [-0.15, -0.1) is 0 Å². The van der Waals surface area contributed by atoms with Crippen molar-refractivity contribution in [3.8, 4) is 0 Å². The Balaban J connectivity index is 2.09. The number of rotatable bonds is 4. The summed E-state index contributed by atoms with van der Waals surface area (Å²) in [5, 5.41) is 5.45. The van der Waals surface area contributed by atoms with E-state index in [1.807, 2.05) is 37.3 Å². The zero-order chi connectivity index (χ0) is 14.7. The lowest BCUT2D eigenvalue weighted by molar-refractivity contribution is 0.575. The highest BCUT2D eigenvalue weighted by molar-refractivity contribution is 6.48. The molecule has 106 valence electrons. The van der Waals surface area contributed by atoms with Crippen LogP contribution in [0.2, 0.25) is 20.1 Å². The second-order valence-electron chi connectivity index (χ2n) is 4.50. The van der Waals surface area contributed by atoms with Crippen LogP contribution < -0.4 is 5.32 Å². The minimum atomic E-state index is 0.0521. The summed E-state index contributed by atoms with van der Waals surface area (Å²) in [4.78, 5) is 0. The van der Waals surface area contributed by atoms with Crippen LogP contribution >= 0.6 is 46.4 Å². The Morgan fingerprint density at radius 2 is 1.75 bits per heavy atom. The van der Waals surface area contributed by atoms with Crippen LogP contribution in [0.25, 0.3) is 0 Å². The van der Waals surface area contributed by atoms with Gasteiger partial charge < -0.3 is 5.32 Å². The zero-order valence-electron chi connectivity index (χ0n) is 10.8. The predicted molar refractivity (Wildman–Crippen MR) is 88.2 cm³/mol. The predicted octanol–water partition coefficient (Wildman–Crippen LogP) is 6.15. The molecule has 1 nitrogen and oxygen atoms in total. The summed E-state index contributed by atoms with van der Waals surface area (Å²) in [6.07, 6.45) is 0. The first-order chi connectivity index (χ1) is 9.49. The smallest absolute Gasteiger partial charge is 0.0781 e. The van der Waals surface area contributed by atoms with Gasteiger partial charge in [0.1, 0.15) is 0 Å². The molecule has 1 N–H and O–H groups in total. The molecular formula is C15H13Cl4N. The maximum atomic E-state index is 6.22. The number of nitrogens with one attached hydrogen (secondary N) is 1. The number of hydrogen-bond acceptors (Lipinski definition) is 1. The molecule has 0 radical (unpaired) electrons. The molecule has 0 bridgehead atoms. The number of hydrogen-bond donors (Lipinski definition) is 1. The summed E-state index contributed by atoms with van der Waals surface area (Å²) in [6, 6.07) is 11.4. The zero-order valence-corrected chi connectivity index (χ0v) is 13.8. The van der Waals surface area contributed by atoms with Crippen LogP contribution in [0.3, 0.4) is 0 Å². The van der Waals surface area contributed by atoms with E-state index in [1.165, 1.54) is 0 Å². The Bertz CT molecular complexity index is 613. The molecule has 2 aromatic carbocycles. The van der Waals surface area contributed by atoms with Crippen molar-refractivity contribution in [2.45, 2.75) is 19.5 Å². The van der Waals surface area contributed by atoms with E-state index in [1.54, 1.807) is 6.07 Å². The Morgan fingerprint density at radius 3 is 2.45 bits per heavy atom. The van der Waals surface area contributed by atoms with Gasteiger partial charge in [0.15, 0.2) is 0 Å². The van der Waals surface area contributed by atoms with Crippen LogP contribution in [-0.4, -0.2) is 0 Å². The van der Waals surface area contributed by atoms with E-state index < -0.39 is 0 Å². The third-order valence-corrected chi connectivity index (χ3v) is 4.58. The molecule has 2 aromatic rings. The lowest BCUT2D eigenvalue weighted by Gasteiger charge is -2.17. The monoisotopic (exact) mass is 347 g/mol. The molecular weight excluding hydrogens is 336 g/mol. The maximum Gasteiger partial charge on any atom is 0.0781 e. The summed E-state index contributed by atoms with van der Waals surface area (Å²) in [5.74, 6) is 0. The Morgan fingerprint density at radius 1 is 1.00 bits per heavy atom. The molecule has 1 unspecified atom stereocenters. The fourth-order valence-corrected chi connectivity index (χ4v) is 2.82. The molecule has 2 rings (SSSR count). The first kappa shape index (κ1) is 15.9. The minimum absolute atomic E-state index is 0.0521. The molecule has 5 heteroatoms. The molecule has 0 amide bonds. The van der Waals surface area contributed by atoms with E-state index in [9.17, 15) is 0 Å². The topological polar surface area (TPSA) is 12.0 Å². The molecule has 0 heterocycles. The molecule has 0 spiro atoms. The third-order valence-electron chi connectivity index (χ3n) is 3.03. The van der Waals surface area contributed by atoms with Crippen molar-refractivity contribution in [3.05, 3.63) is 67.6 Å². The van der Waals surface area contributed by atoms with Crippen LogP contribution in [0.1, 0.15) is 24.1 Å². The van der Waals surface area contributed by atoms with Crippen molar-refractivity contribution in [3.63, 3.8) is 0 Å². The van der Waals surface area contributed by atoms with Crippen LogP contribution in [0, 0.1) is 0 Å². The number of benzene rings is 2. The highest BCUT2D eigenvalue weighted by Crippen LogP contribution is 2.35. The van der Waals surface area contributed by atoms with Gasteiger partial charge in [0.25, 0.3) is 0 Å². The van der Waals surface area contributed by atoms with Crippen LogP contribution in [0.15, 0.2) is 36.4 Å². The third kappa shape index (κ3) is 3.81. The van der Waals surface area contributed by atoms with E-state index in [-0.39, 0.29) is 6.04 Å². The first-order valence-electron chi connectivity index (χ1n) is 6.10. The van der Waals surface area contributed by atoms with Crippen LogP contribution in [-0.2, 0) is 6.54 Å². The molecule has 0 aliphatic carbocycles. The van der Waals surface area contributed by atoms with E-state index >= 15 is 0 Å². The van der Waals surface area contributed by atoms with Crippen molar-refractivity contribution in [2.75, 3.05) is 0 Å². The fourth-order valence-electron chi connectivity index (χ4n) is 1.90. The van der Waals surface area contributed by atoms with Gasteiger partial charge in [-0.3, -0.25) is 0 Å². The number of halogens is 4. The summed E-state index contributed by atoms with van der Waals surface area (Å²) in [7, 11) is 0. The summed E-state index contributed by atoms with van der Waals surface area (Å²) >= 11 is 24.2. The van der Waals surface area contributed by atoms with E-state index in [2.05, 4.69) is 5.32 Å². The Kier molecular flexibility index (Phi) is 5.59. The largest absolute Gasteiger partial charge is 0.306 e. The second-order valence-corrected chi connectivity index (χ2v) is 6.10. The SMILES string of the molecule is CC(NCc1cccc(Cl)c1)c1ccc(Cl)c(Cl)c1Cl. The molecule has 0 saturated heterocycles. The van der Waals surface area contributed by atoms with Gasteiger partial charge in [-0.25, -0.2) is 0 Å². The van der Waals surface area contributed by atoms with Crippen molar-refractivity contribution in [2.24, 2.45) is 0 Å². The summed E-state index contributed by atoms with van der Waals surface area (Å²) in [6.45, 7) is 2.72. The van der Waals surface area contributed by atoms with Crippen LogP contribution in [0.5, 0.6) is 0 Å². The van der Waals surface area contributed by atoms with Gasteiger partial charge in [0, 0.05) is 17.6 Å². The normalized spacial score (nSPS) is 12.4. The molecule has 0 aromatic heterocycles. The Labute approximate surface area is 138 Å². The molecule has 0 aliphatic rings. The second kappa shape index (κ2) is 7.02. The molecule has 0 aliphatic heterocycles. The lowest BCUT2D eigenvalue weighted by atomic mass is 10.1. The standard InChI is InChI=1S/C15H13Cl4N/c1-9(12-5-6-13(17)15(19)14(12)18)20-8-10-3-2-4-11(16)7-10/h2-7,9,20H,8H2,1H3. The maximum absolute atomic E-state index is 6.22. The van der Waals surface area contributed by atoms with E-state index in [0.29, 0.717) is 21.6 Å². The van der Waals surface area contributed by atoms with Crippen molar-refractivity contribution < 1.29 is 0 Å². The molecule has 20 heavy (non-hydrogen) atoms. The lowest BCUT2D eigenvalue weighted by Crippen LogP contribution is -2.18. The summed E-state index contributed by atoms with van der Waals surface area (Å²) < 4.78 is 0. The molecule has 0 saturated carbocycles. The quantitative estimate of drug-likeness (QED) is 0.653. The average molecular weight is 349 g/mol. The van der Waals surface area contributed by atoms with Gasteiger partial charge in [0.2, 0.25) is 0 Å². The van der Waals surface area contributed by atoms with E-state index in [0.717, 1.165) is 16.1 Å². The van der Waals surface area contributed by atoms with Crippen molar-refractivity contribution in [1.82, 2.24) is 5.32 Å². The molecule has 1 atom stereocenters. The Hall–Kier alpha value is -0.440. The van der Waals surface area contributed by atoms with Crippen molar-refractivity contribution >= 4 is 46.4 Å².